The minimum absolute atomic E-state index is 0.184. The first-order valence-corrected chi connectivity index (χ1v) is 16.4. The highest BCUT2D eigenvalue weighted by Crippen LogP contribution is 2.18. The van der Waals surface area contributed by atoms with Gasteiger partial charge in [0, 0.05) is 34.0 Å². The predicted octanol–water partition coefficient (Wildman–Crippen LogP) is 6.13. The minimum Gasteiger partial charge on any atom is -0.481 e. The van der Waals surface area contributed by atoms with Crippen LogP contribution in [0.25, 0.3) is 0 Å². The van der Waals surface area contributed by atoms with Crippen LogP contribution >= 0.6 is 23.2 Å². The van der Waals surface area contributed by atoms with Crippen LogP contribution < -0.4 is 20.9 Å². The van der Waals surface area contributed by atoms with Crippen molar-refractivity contribution in [1.29, 1.82) is 0 Å². The molecule has 2 aromatic heterocycles. The van der Waals surface area contributed by atoms with Gasteiger partial charge in [-0.1, -0.05) is 35.0 Å². The molecule has 0 aliphatic heterocycles. The van der Waals surface area contributed by atoms with Gasteiger partial charge in [0.05, 0.1) is 0 Å². The summed E-state index contributed by atoms with van der Waals surface area (Å²) >= 11 is 11.7. The average Bonchev–Trinajstić information content (AvgIpc) is 3.76. The van der Waals surface area contributed by atoms with E-state index in [0.717, 1.165) is 0 Å². The van der Waals surface area contributed by atoms with Gasteiger partial charge in [-0.15, -0.1) is 0 Å². The van der Waals surface area contributed by atoms with Crippen molar-refractivity contribution in [2.45, 2.75) is 50.6 Å². The molecule has 0 amide bonds. The lowest BCUT2D eigenvalue weighted by molar-refractivity contribution is -0.169. The van der Waals surface area contributed by atoms with Gasteiger partial charge in [0.25, 0.3) is 0 Å². The average molecular weight is 722 g/mol. The van der Waals surface area contributed by atoms with Crippen LogP contribution in [0.1, 0.15) is 49.7 Å². The zero-order chi connectivity index (χ0) is 36.0. The highest BCUT2D eigenvalue weighted by Gasteiger charge is 2.28. The number of rotatable bonds is 14. The first-order chi connectivity index (χ1) is 23.9. The molecule has 2 aromatic carbocycles. The number of aryl methyl sites for hydroxylation is 2. The van der Waals surface area contributed by atoms with Crippen LogP contribution in [0.2, 0.25) is 10.0 Å². The Morgan fingerprint density at radius 2 is 1.02 bits per heavy atom. The summed E-state index contributed by atoms with van der Waals surface area (Å²) in [5.74, 6) is 12.9. The molecule has 0 radical (unpaired) electrons. The number of hydrogen-bond acceptors (Lipinski definition) is 10. The Morgan fingerprint density at radius 1 is 0.640 bits per heavy atom. The molecule has 0 unspecified atom stereocenters. The van der Waals surface area contributed by atoms with Crippen LogP contribution in [0, 0.1) is 23.7 Å². The zero-order valence-electron chi connectivity index (χ0n) is 27.8. The van der Waals surface area contributed by atoms with Crippen LogP contribution in [0.3, 0.4) is 0 Å². The molecule has 0 spiro atoms. The highest BCUT2D eigenvalue weighted by atomic mass is 35.5. The molecule has 4 N–H and O–H groups in total. The number of benzene rings is 2. The monoisotopic (exact) mass is 720 g/mol. The van der Waals surface area contributed by atoms with E-state index in [-0.39, 0.29) is 26.4 Å². The Hall–Kier alpha value is -4.84. The van der Waals surface area contributed by atoms with Gasteiger partial charge < -0.3 is 39.2 Å². The number of furan rings is 2. The molecular formula is C38H38Cl2N2O8. The second kappa shape index (κ2) is 18.2. The van der Waals surface area contributed by atoms with Gasteiger partial charge in [-0.25, -0.2) is 9.59 Å². The van der Waals surface area contributed by atoms with Crippen molar-refractivity contribution >= 4 is 35.1 Å². The molecule has 262 valence electrons. The largest absolute Gasteiger partial charge is 0.481 e. The maximum Gasteiger partial charge on any atom is 0.417 e. The summed E-state index contributed by atoms with van der Waals surface area (Å²) in [7, 11) is 0. The number of carbonyl (C=O) groups excluding carboxylic acids is 2. The molecule has 50 heavy (non-hydrogen) atoms. The molecule has 0 saturated heterocycles. The Morgan fingerprint density at radius 3 is 1.40 bits per heavy atom. The van der Waals surface area contributed by atoms with E-state index in [1.54, 1.807) is 86.6 Å². The lowest BCUT2D eigenvalue weighted by Gasteiger charge is -2.25. The van der Waals surface area contributed by atoms with Crippen molar-refractivity contribution in [3.8, 4) is 35.2 Å². The van der Waals surface area contributed by atoms with Gasteiger partial charge >= 0.3 is 11.9 Å². The molecule has 2 heterocycles. The second-order valence-electron chi connectivity index (χ2n) is 12.1. The Bertz CT molecular complexity index is 1700. The normalized spacial score (nSPS) is 13.0. The second-order valence-corrected chi connectivity index (χ2v) is 13.0. The van der Waals surface area contributed by atoms with E-state index >= 15 is 0 Å². The summed E-state index contributed by atoms with van der Waals surface area (Å²) in [5, 5.41) is 1.25. The summed E-state index contributed by atoms with van der Waals surface area (Å²) in [6, 6.07) is 21.1. The molecule has 0 saturated carbocycles. The third-order valence-corrected chi connectivity index (χ3v) is 7.62. The van der Waals surface area contributed by atoms with E-state index < -0.39 is 23.0 Å². The van der Waals surface area contributed by atoms with Gasteiger partial charge in [-0.05, 0) is 111 Å². The molecule has 10 nitrogen and oxygen atoms in total. The fraction of sp³-hybridized carbons (Fsp3) is 0.316. The van der Waals surface area contributed by atoms with Crippen LogP contribution in [0.15, 0.2) is 81.6 Å². The van der Waals surface area contributed by atoms with Gasteiger partial charge in [-0.2, -0.15) is 0 Å². The number of ether oxygens (including phenoxy) is 4. The summed E-state index contributed by atoms with van der Waals surface area (Å²) < 4.78 is 32.9. The summed E-state index contributed by atoms with van der Waals surface area (Å²) in [6.07, 6.45) is 1.75. The molecule has 0 aliphatic carbocycles. The predicted molar refractivity (Wildman–Crippen MR) is 189 cm³/mol. The molecule has 0 bridgehead atoms. The van der Waals surface area contributed by atoms with E-state index in [0.29, 0.717) is 70.3 Å². The number of esters is 2. The SMILES string of the molecule is C[C@@](N)(CCc1ccc(C#CCOc2ccc(Cl)cc2)o1)COC(=O)C(=O)OC[C@](C)(N)CCc1ccc(C#CCOc2ccc(Cl)cc2)o1. The standard InChI is InChI=1S/C38H38Cl2N2O8/c1-37(41,21-19-33-17-15-31(49-33)5-3-23-45-29-11-7-27(39)8-12-29)25-47-35(43)36(44)48-26-38(2,42)22-20-34-18-16-32(50-34)6-4-24-46-30-13-9-28(40)10-14-30/h7-18H,19-26,41-42H2,1-2H3/t37-,38-/m1/s1. The van der Waals surface area contributed by atoms with Crippen molar-refractivity contribution in [3.63, 3.8) is 0 Å². The van der Waals surface area contributed by atoms with Crippen molar-refractivity contribution in [3.05, 3.63) is 106 Å². The van der Waals surface area contributed by atoms with Crippen molar-refractivity contribution in [2.75, 3.05) is 26.4 Å². The van der Waals surface area contributed by atoms with Gasteiger partial charge in [-0.3, -0.25) is 0 Å². The van der Waals surface area contributed by atoms with Crippen LogP contribution in [0.4, 0.5) is 0 Å². The van der Waals surface area contributed by atoms with E-state index in [4.69, 9.17) is 62.5 Å². The smallest absolute Gasteiger partial charge is 0.417 e. The maximum absolute atomic E-state index is 12.3. The van der Waals surface area contributed by atoms with E-state index in [9.17, 15) is 9.59 Å². The van der Waals surface area contributed by atoms with Crippen molar-refractivity contribution in [1.82, 2.24) is 0 Å². The first kappa shape index (κ1) is 38.0. The van der Waals surface area contributed by atoms with Gasteiger partial charge in [0.15, 0.2) is 11.5 Å². The van der Waals surface area contributed by atoms with Gasteiger partial charge in [0.1, 0.15) is 49.4 Å². The summed E-state index contributed by atoms with van der Waals surface area (Å²) in [4.78, 5) is 24.6. The first-order valence-electron chi connectivity index (χ1n) is 15.7. The van der Waals surface area contributed by atoms with Crippen molar-refractivity contribution < 1.29 is 37.4 Å². The third-order valence-electron chi connectivity index (χ3n) is 7.11. The lowest BCUT2D eigenvalue weighted by atomic mass is 9.97. The Labute approximate surface area is 301 Å². The molecule has 0 aliphatic rings. The zero-order valence-corrected chi connectivity index (χ0v) is 29.3. The van der Waals surface area contributed by atoms with Gasteiger partial charge in [0.2, 0.25) is 0 Å². The van der Waals surface area contributed by atoms with Crippen LogP contribution in [0.5, 0.6) is 11.5 Å². The molecule has 0 fully saturated rings. The van der Waals surface area contributed by atoms with E-state index in [1.807, 2.05) is 0 Å². The summed E-state index contributed by atoms with van der Waals surface area (Å²) in [6.45, 7) is 3.38. The van der Waals surface area contributed by atoms with Crippen LogP contribution in [-0.2, 0) is 31.9 Å². The molecule has 2 atom stereocenters. The van der Waals surface area contributed by atoms with Crippen molar-refractivity contribution in [2.24, 2.45) is 11.5 Å². The maximum atomic E-state index is 12.3. The van der Waals surface area contributed by atoms with E-state index in [2.05, 4.69) is 23.7 Å². The number of nitrogens with two attached hydrogens (primary N) is 2. The topological polar surface area (TPSA) is 149 Å². The fourth-order valence-electron chi connectivity index (χ4n) is 4.25. The fourth-order valence-corrected chi connectivity index (χ4v) is 4.50. The molecule has 12 heteroatoms. The van der Waals surface area contributed by atoms with Crippen LogP contribution in [-0.4, -0.2) is 49.4 Å². The Kier molecular flexibility index (Phi) is 13.8. The molecule has 4 rings (SSSR count). The number of carbonyl (C=O) groups is 2. The number of hydrogen-bond donors (Lipinski definition) is 2. The minimum atomic E-state index is -1.15. The number of halogens is 2. The lowest BCUT2D eigenvalue weighted by Crippen LogP contribution is -2.45. The third kappa shape index (κ3) is 13.6. The molecular weight excluding hydrogens is 683 g/mol. The molecule has 4 aromatic rings. The quantitative estimate of drug-likeness (QED) is 0.0885. The highest BCUT2D eigenvalue weighted by molar-refractivity contribution is 6.31. The Balaban J connectivity index is 1.11. The van der Waals surface area contributed by atoms with E-state index in [1.165, 1.54) is 0 Å². The summed E-state index contributed by atoms with van der Waals surface area (Å²) in [5.41, 5.74) is 10.8.